The zero-order valence-electron chi connectivity index (χ0n) is 8.36. The molecule has 6 nitrogen and oxygen atoms in total. The lowest BCUT2D eigenvalue weighted by Crippen LogP contribution is -2.19. The molecular formula is C9H11BrN4O2. The van der Waals surface area contributed by atoms with E-state index in [0.717, 1.165) is 0 Å². The fourth-order valence-corrected chi connectivity index (χ4v) is 1.70. The molecule has 0 amide bonds. The third-order valence-corrected chi connectivity index (χ3v) is 2.72. The lowest BCUT2D eigenvalue weighted by atomic mass is 10.0. The van der Waals surface area contributed by atoms with Crippen molar-refractivity contribution in [3.8, 4) is 0 Å². The molecule has 7 heteroatoms. The van der Waals surface area contributed by atoms with Gasteiger partial charge < -0.3 is 10.2 Å². The number of aromatic nitrogens is 1. The van der Waals surface area contributed by atoms with E-state index in [4.69, 9.17) is 5.53 Å². The quantitative estimate of drug-likeness (QED) is 0.374. The highest BCUT2D eigenvalue weighted by Gasteiger charge is 2.20. The fraction of sp³-hybridized carbons (Fsp3) is 0.444. The fourth-order valence-electron chi connectivity index (χ4n) is 1.22. The van der Waals surface area contributed by atoms with Crippen molar-refractivity contribution in [2.45, 2.75) is 18.6 Å². The Hall–Kier alpha value is -1.14. The molecule has 0 radical (unpaired) electrons. The maximum Gasteiger partial charge on any atom is 0.111 e. The van der Waals surface area contributed by atoms with Crippen LogP contribution < -0.4 is 0 Å². The van der Waals surface area contributed by atoms with Gasteiger partial charge in [-0.2, -0.15) is 0 Å². The number of halogens is 1. The Morgan fingerprint density at radius 3 is 2.94 bits per heavy atom. The molecule has 0 saturated carbocycles. The summed E-state index contributed by atoms with van der Waals surface area (Å²) in [6.45, 7) is 0.145. The highest BCUT2D eigenvalue weighted by molar-refractivity contribution is 9.10. The van der Waals surface area contributed by atoms with Crippen molar-refractivity contribution in [1.82, 2.24) is 4.98 Å². The molecule has 0 aromatic carbocycles. The standard InChI is InChI=1S/C9H11BrN4O2/c10-9-6(2-1-4-12-9)8(16)7(15)3-5-13-14-11/h1-2,4,7-8,15-16H,3,5H2. The second-order valence-corrected chi connectivity index (χ2v) is 3.89. The third kappa shape index (κ3) is 3.46. The van der Waals surface area contributed by atoms with Gasteiger partial charge in [0.1, 0.15) is 10.7 Å². The third-order valence-electron chi connectivity index (χ3n) is 2.06. The van der Waals surface area contributed by atoms with Crippen molar-refractivity contribution in [2.75, 3.05) is 6.54 Å². The van der Waals surface area contributed by atoms with E-state index in [2.05, 4.69) is 30.9 Å². The van der Waals surface area contributed by atoms with Crippen LogP contribution in [0.4, 0.5) is 0 Å². The van der Waals surface area contributed by atoms with Gasteiger partial charge in [-0.05, 0) is 33.9 Å². The summed E-state index contributed by atoms with van der Waals surface area (Å²) >= 11 is 3.18. The van der Waals surface area contributed by atoms with E-state index in [0.29, 0.717) is 10.2 Å². The lowest BCUT2D eigenvalue weighted by Gasteiger charge is -2.17. The Balaban J connectivity index is 2.66. The second-order valence-electron chi connectivity index (χ2n) is 3.14. The zero-order valence-corrected chi connectivity index (χ0v) is 9.95. The SMILES string of the molecule is [N-]=[N+]=NCCC(O)C(O)c1cccnc1Br. The zero-order chi connectivity index (χ0) is 12.0. The molecule has 0 aliphatic carbocycles. The van der Waals surface area contributed by atoms with Gasteiger partial charge in [-0.25, -0.2) is 4.98 Å². The highest BCUT2D eigenvalue weighted by Crippen LogP contribution is 2.24. The van der Waals surface area contributed by atoms with E-state index in [1.54, 1.807) is 18.3 Å². The second kappa shape index (κ2) is 6.44. The molecule has 1 rings (SSSR count). The summed E-state index contributed by atoms with van der Waals surface area (Å²) in [5, 5.41) is 22.7. The first-order valence-electron chi connectivity index (χ1n) is 4.64. The Morgan fingerprint density at radius 1 is 1.56 bits per heavy atom. The van der Waals surface area contributed by atoms with Crippen molar-refractivity contribution in [2.24, 2.45) is 5.11 Å². The van der Waals surface area contributed by atoms with Crippen LogP contribution in [-0.4, -0.2) is 27.8 Å². The molecular weight excluding hydrogens is 276 g/mol. The minimum absolute atomic E-state index is 0.145. The summed E-state index contributed by atoms with van der Waals surface area (Å²) < 4.78 is 0.491. The summed E-state index contributed by atoms with van der Waals surface area (Å²) in [5.41, 5.74) is 8.59. The normalized spacial score (nSPS) is 13.9. The first kappa shape index (κ1) is 12.9. The predicted octanol–water partition coefficient (Wildman–Crippen LogP) is 1.94. The molecule has 1 aromatic heterocycles. The number of nitrogens with zero attached hydrogens (tertiary/aromatic N) is 4. The number of hydrogen-bond donors (Lipinski definition) is 2. The number of aliphatic hydroxyl groups is 2. The molecule has 0 aliphatic heterocycles. The minimum atomic E-state index is -1.04. The number of pyridine rings is 1. The van der Waals surface area contributed by atoms with Gasteiger partial charge in [0.15, 0.2) is 0 Å². The molecule has 0 bridgehead atoms. The summed E-state index contributed by atoms with van der Waals surface area (Å²) in [4.78, 5) is 6.51. The van der Waals surface area contributed by atoms with Gasteiger partial charge in [0.2, 0.25) is 0 Å². The maximum atomic E-state index is 9.81. The summed E-state index contributed by atoms with van der Waals surface area (Å²) in [7, 11) is 0. The Morgan fingerprint density at radius 2 is 2.31 bits per heavy atom. The van der Waals surface area contributed by atoms with Crippen LogP contribution >= 0.6 is 15.9 Å². The molecule has 0 saturated heterocycles. The maximum absolute atomic E-state index is 9.81. The van der Waals surface area contributed by atoms with Gasteiger partial charge in [0.25, 0.3) is 0 Å². The van der Waals surface area contributed by atoms with Crippen molar-refractivity contribution in [3.05, 3.63) is 38.9 Å². The molecule has 1 aromatic rings. The van der Waals surface area contributed by atoms with Gasteiger partial charge in [0, 0.05) is 23.2 Å². The van der Waals surface area contributed by atoms with E-state index >= 15 is 0 Å². The number of aliphatic hydroxyl groups excluding tert-OH is 2. The molecule has 2 N–H and O–H groups in total. The Labute approximate surface area is 101 Å². The molecule has 1 heterocycles. The average molecular weight is 287 g/mol. The Kier molecular flexibility index (Phi) is 5.21. The van der Waals surface area contributed by atoms with E-state index < -0.39 is 12.2 Å². The molecule has 0 spiro atoms. The van der Waals surface area contributed by atoms with Gasteiger partial charge in [-0.3, -0.25) is 0 Å². The number of hydrogen-bond acceptors (Lipinski definition) is 4. The number of azide groups is 1. The molecule has 86 valence electrons. The summed E-state index contributed by atoms with van der Waals surface area (Å²) in [6, 6.07) is 3.34. The molecule has 2 atom stereocenters. The first-order valence-corrected chi connectivity index (χ1v) is 5.43. The van der Waals surface area contributed by atoms with Gasteiger partial charge in [0.05, 0.1) is 6.10 Å². The van der Waals surface area contributed by atoms with Gasteiger partial charge in [-0.15, -0.1) is 0 Å². The van der Waals surface area contributed by atoms with E-state index in [1.165, 1.54) is 0 Å². The van der Waals surface area contributed by atoms with Crippen molar-refractivity contribution >= 4 is 15.9 Å². The van der Waals surface area contributed by atoms with Crippen molar-refractivity contribution in [3.63, 3.8) is 0 Å². The van der Waals surface area contributed by atoms with E-state index in [-0.39, 0.29) is 13.0 Å². The van der Waals surface area contributed by atoms with Crippen LogP contribution in [0.25, 0.3) is 10.4 Å². The molecule has 0 fully saturated rings. The summed E-state index contributed by atoms with van der Waals surface area (Å²) in [6.07, 6.45) is -0.248. The van der Waals surface area contributed by atoms with Gasteiger partial charge in [-0.1, -0.05) is 11.2 Å². The molecule has 0 aliphatic rings. The van der Waals surface area contributed by atoms with E-state index in [9.17, 15) is 10.2 Å². The smallest absolute Gasteiger partial charge is 0.111 e. The van der Waals surface area contributed by atoms with E-state index in [1.807, 2.05) is 0 Å². The first-order chi connectivity index (χ1) is 7.66. The van der Waals surface area contributed by atoms with Crippen LogP contribution in [0, 0.1) is 0 Å². The predicted molar refractivity (Wildman–Crippen MR) is 61.5 cm³/mol. The van der Waals surface area contributed by atoms with Crippen LogP contribution in [0.2, 0.25) is 0 Å². The Bertz CT molecular complexity index is 395. The van der Waals surface area contributed by atoms with Crippen LogP contribution in [0.1, 0.15) is 18.1 Å². The minimum Gasteiger partial charge on any atom is -0.390 e. The molecule has 2 unspecified atom stereocenters. The number of rotatable bonds is 5. The molecule has 16 heavy (non-hydrogen) atoms. The topological polar surface area (TPSA) is 102 Å². The van der Waals surface area contributed by atoms with Crippen molar-refractivity contribution in [1.29, 1.82) is 0 Å². The lowest BCUT2D eigenvalue weighted by molar-refractivity contribution is 0.0144. The van der Waals surface area contributed by atoms with Gasteiger partial charge >= 0.3 is 0 Å². The van der Waals surface area contributed by atoms with Crippen LogP contribution in [0.15, 0.2) is 28.0 Å². The van der Waals surface area contributed by atoms with Crippen molar-refractivity contribution < 1.29 is 10.2 Å². The largest absolute Gasteiger partial charge is 0.390 e. The van der Waals surface area contributed by atoms with Crippen LogP contribution in [0.3, 0.4) is 0 Å². The van der Waals surface area contributed by atoms with Crippen LogP contribution in [0.5, 0.6) is 0 Å². The van der Waals surface area contributed by atoms with Crippen LogP contribution in [-0.2, 0) is 0 Å². The average Bonchev–Trinajstić information content (AvgIpc) is 2.29. The monoisotopic (exact) mass is 286 g/mol. The highest BCUT2D eigenvalue weighted by atomic mass is 79.9. The summed E-state index contributed by atoms with van der Waals surface area (Å²) in [5.74, 6) is 0.